The number of nitrogens with zero attached hydrogens (tertiary/aromatic N) is 1. The van der Waals surface area contributed by atoms with Gasteiger partial charge in [-0.25, -0.2) is 0 Å². The van der Waals surface area contributed by atoms with Crippen molar-refractivity contribution in [1.82, 2.24) is 4.90 Å². The van der Waals surface area contributed by atoms with E-state index < -0.39 is 0 Å². The van der Waals surface area contributed by atoms with Crippen molar-refractivity contribution in [2.24, 2.45) is 5.73 Å². The molecule has 0 spiro atoms. The summed E-state index contributed by atoms with van der Waals surface area (Å²) in [5.74, 6) is 0.653. The zero-order chi connectivity index (χ0) is 12.8. The first-order valence-corrected chi connectivity index (χ1v) is 5.72. The number of ether oxygens (including phenoxy) is 1. The van der Waals surface area contributed by atoms with Gasteiger partial charge >= 0.3 is 0 Å². The van der Waals surface area contributed by atoms with Crippen LogP contribution in [-0.4, -0.2) is 38.1 Å². The Kier molecular flexibility index (Phi) is 5.25. The van der Waals surface area contributed by atoms with Gasteiger partial charge in [0.05, 0.1) is 13.7 Å². The summed E-state index contributed by atoms with van der Waals surface area (Å²) in [5, 5.41) is 0.651. The lowest BCUT2D eigenvalue weighted by atomic mass is 10.1. The first-order chi connectivity index (χ1) is 8.08. The van der Waals surface area contributed by atoms with E-state index in [2.05, 4.69) is 0 Å². The van der Waals surface area contributed by atoms with Crippen molar-refractivity contribution in [2.75, 3.05) is 27.2 Å². The molecule has 0 aliphatic carbocycles. The lowest BCUT2D eigenvalue weighted by Gasteiger charge is -2.16. The van der Waals surface area contributed by atoms with Gasteiger partial charge in [-0.2, -0.15) is 0 Å². The van der Waals surface area contributed by atoms with Crippen LogP contribution in [0.2, 0.25) is 5.02 Å². The second kappa shape index (κ2) is 6.47. The molecular weight excluding hydrogens is 240 g/mol. The molecule has 2 N–H and O–H groups in total. The van der Waals surface area contributed by atoms with Crippen LogP contribution in [0.4, 0.5) is 0 Å². The number of hydrogen-bond acceptors (Lipinski definition) is 3. The molecule has 0 aromatic heterocycles. The van der Waals surface area contributed by atoms with Gasteiger partial charge in [0.15, 0.2) is 0 Å². The van der Waals surface area contributed by atoms with Crippen molar-refractivity contribution in [3.05, 3.63) is 28.8 Å². The second-order valence-corrected chi connectivity index (χ2v) is 4.13. The highest BCUT2D eigenvalue weighted by molar-refractivity contribution is 6.31. The number of carbonyl (C=O) groups is 1. The van der Waals surface area contributed by atoms with Crippen molar-refractivity contribution in [3.8, 4) is 5.75 Å². The van der Waals surface area contributed by atoms with Gasteiger partial charge in [0.1, 0.15) is 5.75 Å². The lowest BCUT2D eigenvalue weighted by Crippen LogP contribution is -2.34. The van der Waals surface area contributed by atoms with Crippen LogP contribution in [0.5, 0.6) is 5.75 Å². The molecule has 5 heteroatoms. The van der Waals surface area contributed by atoms with Crippen molar-refractivity contribution >= 4 is 17.5 Å². The average Bonchev–Trinajstić information content (AvgIpc) is 2.35. The van der Waals surface area contributed by atoms with Crippen LogP contribution in [0.15, 0.2) is 18.2 Å². The monoisotopic (exact) mass is 256 g/mol. The van der Waals surface area contributed by atoms with Gasteiger partial charge in [0.2, 0.25) is 5.91 Å². The number of carbonyl (C=O) groups excluding carboxylic acids is 1. The molecule has 0 aliphatic heterocycles. The number of methoxy groups -OCH3 is 1. The third kappa shape index (κ3) is 3.91. The Labute approximate surface area is 106 Å². The molecule has 0 saturated heterocycles. The SMILES string of the molecule is COc1ccc(CCN(C)C(=O)CN)c(Cl)c1. The summed E-state index contributed by atoms with van der Waals surface area (Å²) in [6.45, 7) is 0.634. The van der Waals surface area contributed by atoms with E-state index in [4.69, 9.17) is 22.1 Å². The minimum atomic E-state index is -0.0744. The van der Waals surface area contributed by atoms with E-state index >= 15 is 0 Å². The van der Waals surface area contributed by atoms with Crippen molar-refractivity contribution in [1.29, 1.82) is 0 Å². The predicted octanol–water partition coefficient (Wildman–Crippen LogP) is 1.31. The zero-order valence-corrected chi connectivity index (χ0v) is 10.8. The molecule has 1 aromatic carbocycles. The standard InChI is InChI=1S/C12H17ClN2O2/c1-15(12(16)8-14)6-5-9-3-4-10(17-2)7-11(9)13/h3-4,7H,5-6,8,14H2,1-2H3. The quantitative estimate of drug-likeness (QED) is 0.864. The first-order valence-electron chi connectivity index (χ1n) is 5.35. The summed E-state index contributed by atoms with van der Waals surface area (Å²) < 4.78 is 5.07. The molecule has 0 unspecified atom stereocenters. The summed E-state index contributed by atoms with van der Waals surface area (Å²) in [7, 11) is 3.33. The van der Waals surface area contributed by atoms with Gasteiger partial charge in [-0.05, 0) is 24.1 Å². The highest BCUT2D eigenvalue weighted by Crippen LogP contribution is 2.22. The Bertz CT molecular complexity index is 396. The molecule has 0 aliphatic rings. The maximum absolute atomic E-state index is 11.3. The molecule has 0 radical (unpaired) electrons. The minimum absolute atomic E-state index is 0.0346. The molecule has 0 fully saturated rings. The smallest absolute Gasteiger partial charge is 0.236 e. The topological polar surface area (TPSA) is 55.6 Å². The van der Waals surface area contributed by atoms with Gasteiger partial charge in [-0.3, -0.25) is 4.79 Å². The molecule has 1 rings (SSSR count). The summed E-state index contributed by atoms with van der Waals surface area (Å²) in [6, 6.07) is 5.52. The van der Waals surface area contributed by atoms with Crippen LogP contribution in [0, 0.1) is 0 Å². The third-order valence-corrected chi connectivity index (χ3v) is 2.93. The molecule has 94 valence electrons. The summed E-state index contributed by atoms with van der Waals surface area (Å²) in [4.78, 5) is 12.9. The molecule has 4 nitrogen and oxygen atoms in total. The van der Waals surface area contributed by atoms with Crippen molar-refractivity contribution in [3.63, 3.8) is 0 Å². The van der Waals surface area contributed by atoms with Crippen molar-refractivity contribution < 1.29 is 9.53 Å². The highest BCUT2D eigenvalue weighted by atomic mass is 35.5. The molecule has 0 heterocycles. The van der Waals surface area contributed by atoms with E-state index in [-0.39, 0.29) is 12.5 Å². The normalized spacial score (nSPS) is 10.1. The van der Waals surface area contributed by atoms with Gasteiger partial charge in [0, 0.05) is 18.6 Å². The lowest BCUT2D eigenvalue weighted by molar-refractivity contribution is -0.128. The number of hydrogen-bond donors (Lipinski definition) is 1. The molecule has 0 bridgehead atoms. The fraction of sp³-hybridized carbons (Fsp3) is 0.417. The number of amides is 1. The number of halogens is 1. The van der Waals surface area contributed by atoms with Gasteiger partial charge < -0.3 is 15.4 Å². The number of likely N-dealkylation sites (N-methyl/N-ethyl adjacent to an activating group) is 1. The molecule has 0 saturated carbocycles. The summed E-state index contributed by atoms with van der Waals surface area (Å²) in [6.07, 6.45) is 0.699. The number of benzene rings is 1. The molecule has 0 atom stereocenters. The van der Waals surface area contributed by atoms with E-state index in [1.807, 2.05) is 12.1 Å². The van der Waals surface area contributed by atoms with E-state index in [0.717, 1.165) is 11.3 Å². The Morgan fingerprint density at radius 1 is 1.53 bits per heavy atom. The Balaban J connectivity index is 2.60. The highest BCUT2D eigenvalue weighted by Gasteiger charge is 2.08. The fourth-order valence-corrected chi connectivity index (χ4v) is 1.69. The molecular formula is C12H17ClN2O2. The molecule has 1 aromatic rings. The molecule has 1 amide bonds. The number of nitrogens with two attached hydrogens (primary N) is 1. The van der Waals surface area contributed by atoms with Crippen LogP contribution >= 0.6 is 11.6 Å². The van der Waals surface area contributed by atoms with Crippen LogP contribution in [-0.2, 0) is 11.2 Å². The average molecular weight is 257 g/mol. The first kappa shape index (κ1) is 13.8. The Hall–Kier alpha value is -1.26. The Morgan fingerprint density at radius 2 is 2.24 bits per heavy atom. The van der Waals surface area contributed by atoms with Crippen LogP contribution in [0.3, 0.4) is 0 Å². The van der Waals surface area contributed by atoms with E-state index in [9.17, 15) is 4.79 Å². The van der Waals surface area contributed by atoms with Crippen molar-refractivity contribution in [2.45, 2.75) is 6.42 Å². The van der Waals surface area contributed by atoms with E-state index in [1.165, 1.54) is 0 Å². The second-order valence-electron chi connectivity index (χ2n) is 3.73. The largest absolute Gasteiger partial charge is 0.497 e. The fourth-order valence-electron chi connectivity index (χ4n) is 1.43. The molecule has 17 heavy (non-hydrogen) atoms. The van der Waals surface area contributed by atoms with Gasteiger partial charge in [-0.1, -0.05) is 17.7 Å². The van der Waals surface area contributed by atoms with Gasteiger partial charge in [-0.15, -0.1) is 0 Å². The van der Waals surface area contributed by atoms with Gasteiger partial charge in [0.25, 0.3) is 0 Å². The van der Waals surface area contributed by atoms with E-state index in [1.54, 1.807) is 25.1 Å². The maximum atomic E-state index is 11.3. The predicted molar refractivity (Wildman–Crippen MR) is 68.4 cm³/mol. The van der Waals surface area contributed by atoms with Crippen LogP contribution in [0.25, 0.3) is 0 Å². The zero-order valence-electron chi connectivity index (χ0n) is 10.1. The minimum Gasteiger partial charge on any atom is -0.497 e. The Morgan fingerprint density at radius 3 is 2.76 bits per heavy atom. The summed E-state index contributed by atoms with van der Waals surface area (Å²) >= 11 is 6.10. The van der Waals surface area contributed by atoms with Crippen LogP contribution in [0.1, 0.15) is 5.56 Å². The summed E-state index contributed by atoms with van der Waals surface area (Å²) in [5.41, 5.74) is 6.27. The van der Waals surface area contributed by atoms with E-state index in [0.29, 0.717) is 18.0 Å². The third-order valence-electron chi connectivity index (χ3n) is 2.58. The maximum Gasteiger partial charge on any atom is 0.236 e. The van der Waals surface area contributed by atoms with Crippen LogP contribution < -0.4 is 10.5 Å². The number of rotatable bonds is 5.